The Kier molecular flexibility index (Phi) is 6.37. The van der Waals surface area contributed by atoms with Gasteiger partial charge in [-0.25, -0.2) is 13.2 Å². The fourth-order valence-corrected chi connectivity index (χ4v) is 5.95. The number of ketones is 1. The highest BCUT2D eigenvalue weighted by Gasteiger charge is 2.30. The second-order valence-corrected chi connectivity index (χ2v) is 9.96. The van der Waals surface area contributed by atoms with Crippen molar-refractivity contribution in [3.05, 3.63) is 64.3 Å². The number of aromatic amines is 1. The van der Waals surface area contributed by atoms with E-state index in [1.165, 1.54) is 22.5 Å². The molecule has 1 N–H and O–H groups in total. The van der Waals surface area contributed by atoms with E-state index in [4.69, 9.17) is 16.3 Å². The molecule has 1 saturated heterocycles. The van der Waals surface area contributed by atoms with Gasteiger partial charge in [-0.2, -0.15) is 4.31 Å². The molecule has 168 valence electrons. The number of ether oxygens (including phenoxy) is 1. The molecule has 0 bridgehead atoms. The number of carbonyl (C=O) groups is 2. The van der Waals surface area contributed by atoms with Crippen LogP contribution in [-0.2, 0) is 21.2 Å². The van der Waals surface area contributed by atoms with Crippen LogP contribution in [0.25, 0.3) is 10.9 Å². The summed E-state index contributed by atoms with van der Waals surface area (Å²) in [4.78, 5) is 28.2. The summed E-state index contributed by atoms with van der Waals surface area (Å²) in [6.45, 7) is 2.42. The van der Waals surface area contributed by atoms with Crippen molar-refractivity contribution in [2.24, 2.45) is 0 Å². The van der Waals surface area contributed by atoms with E-state index >= 15 is 0 Å². The Hall–Kier alpha value is -2.68. The molecule has 3 aromatic rings. The van der Waals surface area contributed by atoms with Gasteiger partial charge < -0.3 is 9.72 Å². The van der Waals surface area contributed by atoms with Crippen LogP contribution >= 0.6 is 11.6 Å². The minimum Gasteiger partial charge on any atom is -0.454 e. The van der Waals surface area contributed by atoms with E-state index in [1.54, 1.807) is 6.20 Å². The topological polar surface area (TPSA) is 96.5 Å². The number of aromatic nitrogens is 1. The van der Waals surface area contributed by atoms with Crippen molar-refractivity contribution in [3.63, 3.8) is 0 Å². The molecular formula is C23H23ClN2O5S. The van der Waals surface area contributed by atoms with Gasteiger partial charge in [0, 0.05) is 35.8 Å². The molecule has 0 amide bonds. The van der Waals surface area contributed by atoms with Crippen molar-refractivity contribution < 1.29 is 22.7 Å². The van der Waals surface area contributed by atoms with Crippen molar-refractivity contribution in [2.45, 2.75) is 31.1 Å². The van der Waals surface area contributed by atoms with Gasteiger partial charge in [-0.05, 0) is 43.0 Å². The van der Waals surface area contributed by atoms with Crippen LogP contribution in [0.5, 0.6) is 0 Å². The monoisotopic (exact) mass is 474 g/mol. The zero-order chi connectivity index (χ0) is 22.9. The van der Waals surface area contributed by atoms with Crippen molar-refractivity contribution in [3.8, 4) is 0 Å². The molecule has 0 spiro atoms. The van der Waals surface area contributed by atoms with Gasteiger partial charge in [0.15, 0.2) is 6.61 Å². The molecule has 1 aliphatic rings. The number of halogens is 1. The second-order valence-electron chi connectivity index (χ2n) is 7.65. The predicted molar refractivity (Wildman–Crippen MR) is 122 cm³/mol. The SMILES string of the molecule is CCc1cccc2c(C(=O)COC(=O)c3ccc(Cl)c(S(=O)(=O)N4CCCC4)c3)c[nH]c12. The lowest BCUT2D eigenvalue weighted by molar-refractivity contribution is 0.0475. The summed E-state index contributed by atoms with van der Waals surface area (Å²) in [7, 11) is -3.80. The standard InChI is InChI=1S/C23H23ClN2O5S/c1-2-15-6-5-7-17-18(13-25-22(15)17)20(27)14-31-23(28)16-8-9-19(24)21(12-16)32(29,30)26-10-3-4-11-26/h5-9,12-13,25H,2-4,10-11,14H2,1H3. The Morgan fingerprint density at radius 3 is 2.62 bits per heavy atom. The summed E-state index contributed by atoms with van der Waals surface area (Å²) < 4.78 is 32.3. The Labute approximate surface area is 191 Å². The lowest BCUT2D eigenvalue weighted by Gasteiger charge is -2.17. The number of hydrogen-bond acceptors (Lipinski definition) is 5. The molecule has 4 rings (SSSR count). The molecule has 0 radical (unpaired) electrons. The number of Topliss-reactive ketones (excluding diaryl/α,β-unsaturated/α-hetero) is 1. The molecule has 0 aliphatic carbocycles. The number of carbonyl (C=O) groups excluding carboxylic acids is 2. The second kappa shape index (κ2) is 9.05. The first-order valence-corrected chi connectivity index (χ1v) is 12.2. The minimum absolute atomic E-state index is 0.0205. The van der Waals surface area contributed by atoms with Crippen molar-refractivity contribution in [1.82, 2.24) is 9.29 Å². The van der Waals surface area contributed by atoms with Crippen LogP contribution in [0.2, 0.25) is 5.02 Å². The van der Waals surface area contributed by atoms with Crippen molar-refractivity contribution in [1.29, 1.82) is 0 Å². The average Bonchev–Trinajstić information content (AvgIpc) is 3.47. The first-order chi connectivity index (χ1) is 15.3. The number of esters is 1. The van der Waals surface area contributed by atoms with Crippen molar-refractivity contribution in [2.75, 3.05) is 19.7 Å². The maximum absolute atomic E-state index is 12.9. The molecular weight excluding hydrogens is 452 g/mol. The van der Waals surface area contributed by atoms with Crippen LogP contribution in [0.1, 0.15) is 46.0 Å². The largest absolute Gasteiger partial charge is 0.454 e. The van der Waals surface area contributed by atoms with Crippen LogP contribution < -0.4 is 0 Å². The van der Waals surface area contributed by atoms with Crippen LogP contribution in [0.3, 0.4) is 0 Å². The molecule has 1 aromatic heterocycles. The molecule has 2 aromatic carbocycles. The van der Waals surface area contributed by atoms with E-state index in [2.05, 4.69) is 4.98 Å². The van der Waals surface area contributed by atoms with Gasteiger partial charge >= 0.3 is 5.97 Å². The van der Waals surface area contributed by atoms with Crippen LogP contribution in [-0.4, -0.2) is 49.2 Å². The fraction of sp³-hybridized carbons (Fsp3) is 0.304. The average molecular weight is 475 g/mol. The van der Waals surface area contributed by atoms with E-state index in [1.807, 2.05) is 25.1 Å². The predicted octanol–water partition coefficient (Wildman–Crippen LogP) is 4.21. The number of fused-ring (bicyclic) bond motifs is 1. The number of hydrogen-bond donors (Lipinski definition) is 1. The highest BCUT2D eigenvalue weighted by molar-refractivity contribution is 7.89. The molecule has 1 fully saturated rings. The van der Waals surface area contributed by atoms with E-state index in [-0.39, 0.29) is 21.3 Å². The van der Waals surface area contributed by atoms with Gasteiger partial charge in [0.2, 0.25) is 15.8 Å². The minimum atomic E-state index is -3.80. The molecule has 0 atom stereocenters. The molecule has 2 heterocycles. The Bertz CT molecular complexity index is 1290. The summed E-state index contributed by atoms with van der Waals surface area (Å²) in [5.41, 5.74) is 2.44. The summed E-state index contributed by atoms with van der Waals surface area (Å²) in [6.07, 6.45) is 4.01. The van der Waals surface area contributed by atoms with Crippen LogP contribution in [0.15, 0.2) is 47.5 Å². The highest BCUT2D eigenvalue weighted by atomic mass is 35.5. The Morgan fingerprint density at radius 1 is 1.16 bits per heavy atom. The van der Waals surface area contributed by atoms with Gasteiger partial charge in [-0.15, -0.1) is 0 Å². The van der Waals surface area contributed by atoms with Crippen LogP contribution in [0.4, 0.5) is 0 Å². The van der Waals surface area contributed by atoms with Gasteiger partial charge in [0.25, 0.3) is 0 Å². The maximum Gasteiger partial charge on any atom is 0.338 e. The quantitative estimate of drug-likeness (QED) is 0.408. The van der Waals surface area contributed by atoms with Crippen LogP contribution in [0, 0.1) is 0 Å². The fourth-order valence-electron chi connectivity index (χ4n) is 3.93. The highest BCUT2D eigenvalue weighted by Crippen LogP contribution is 2.28. The number of para-hydroxylation sites is 1. The zero-order valence-electron chi connectivity index (χ0n) is 17.6. The molecule has 0 saturated carbocycles. The summed E-state index contributed by atoms with van der Waals surface area (Å²) in [5, 5.41) is 0.811. The number of sulfonamides is 1. The zero-order valence-corrected chi connectivity index (χ0v) is 19.1. The smallest absolute Gasteiger partial charge is 0.338 e. The normalized spacial score (nSPS) is 14.7. The Morgan fingerprint density at radius 2 is 1.91 bits per heavy atom. The van der Waals surface area contributed by atoms with Gasteiger partial charge in [0.05, 0.1) is 10.6 Å². The summed E-state index contributed by atoms with van der Waals surface area (Å²) in [6, 6.07) is 9.66. The van der Waals surface area contributed by atoms with E-state index in [0.29, 0.717) is 18.7 Å². The number of benzene rings is 2. The van der Waals surface area contributed by atoms with E-state index < -0.39 is 22.6 Å². The van der Waals surface area contributed by atoms with Gasteiger partial charge in [0.1, 0.15) is 4.90 Å². The number of nitrogens with zero attached hydrogens (tertiary/aromatic N) is 1. The number of rotatable bonds is 7. The third-order valence-corrected chi connectivity index (χ3v) is 8.05. The summed E-state index contributed by atoms with van der Waals surface area (Å²) >= 11 is 6.12. The van der Waals surface area contributed by atoms with E-state index in [9.17, 15) is 18.0 Å². The molecule has 7 nitrogen and oxygen atoms in total. The first-order valence-electron chi connectivity index (χ1n) is 10.4. The Balaban J connectivity index is 1.51. The molecule has 0 unspecified atom stereocenters. The number of aryl methyl sites for hydroxylation is 1. The molecule has 32 heavy (non-hydrogen) atoms. The molecule has 1 aliphatic heterocycles. The first kappa shape index (κ1) is 22.5. The number of nitrogens with one attached hydrogen (secondary N) is 1. The number of H-pyrrole nitrogens is 1. The lowest BCUT2D eigenvalue weighted by atomic mass is 10.1. The van der Waals surface area contributed by atoms with Gasteiger partial charge in [-0.3, -0.25) is 4.79 Å². The maximum atomic E-state index is 12.9. The third kappa shape index (κ3) is 4.18. The van der Waals surface area contributed by atoms with E-state index in [0.717, 1.165) is 35.7 Å². The van der Waals surface area contributed by atoms with Gasteiger partial charge in [-0.1, -0.05) is 36.7 Å². The lowest BCUT2D eigenvalue weighted by Crippen LogP contribution is -2.28. The summed E-state index contributed by atoms with van der Waals surface area (Å²) in [5.74, 6) is -1.14. The molecule has 9 heteroatoms. The van der Waals surface area contributed by atoms with Crippen molar-refractivity contribution >= 4 is 44.3 Å². The third-order valence-electron chi connectivity index (χ3n) is 5.67.